The highest BCUT2D eigenvalue weighted by Gasteiger charge is 2.31. The number of nitrogens with zero attached hydrogens (tertiary/aromatic N) is 2. The molecule has 1 aliphatic carbocycles. The smallest absolute Gasteiger partial charge is 0.409 e. The van der Waals surface area contributed by atoms with Crippen molar-refractivity contribution < 1.29 is 9.53 Å². The first-order valence-electron chi connectivity index (χ1n) is 10.2. The number of nitrogens with one attached hydrogen (secondary N) is 1. The van der Waals surface area contributed by atoms with Crippen LogP contribution in [0, 0.1) is 0 Å². The molecule has 5 rings (SSSR count). The Hall–Kier alpha value is -2.51. The van der Waals surface area contributed by atoms with Crippen molar-refractivity contribution in [3.05, 3.63) is 83.7 Å². The van der Waals surface area contributed by atoms with E-state index in [0.717, 1.165) is 5.56 Å². The minimum absolute atomic E-state index is 0. The number of amides is 1. The number of carbonyl (C=O) groups excluding carboxylic acids is 1. The van der Waals surface area contributed by atoms with Crippen molar-refractivity contribution in [1.82, 2.24) is 15.2 Å². The second-order valence-electron chi connectivity index (χ2n) is 7.81. The number of ether oxygens (including phenoxy) is 1. The fourth-order valence-corrected chi connectivity index (χ4v) is 4.49. The van der Waals surface area contributed by atoms with E-state index in [2.05, 4.69) is 46.7 Å². The van der Waals surface area contributed by atoms with Gasteiger partial charge in [-0.1, -0.05) is 48.5 Å². The molecule has 2 aliphatic rings. The van der Waals surface area contributed by atoms with Crippen molar-refractivity contribution >= 4 is 49.0 Å². The third kappa shape index (κ3) is 5.36. The van der Waals surface area contributed by atoms with Crippen molar-refractivity contribution in [1.29, 1.82) is 0 Å². The number of nitrogens with two attached hydrogens (primary N) is 1. The Balaban J connectivity index is 0.00000128. The Morgan fingerprint density at radius 2 is 1.67 bits per heavy atom. The molecule has 3 N–H and O–H groups in total. The number of benzene rings is 2. The SMILES string of the molecule is Cl.Cl.Cl.Nc1cncc(C2CN(C(=O)OCC3c4ccccc4-c4ccccc43)CCN2)c1. The van der Waals surface area contributed by atoms with E-state index in [1.165, 1.54) is 22.3 Å². The van der Waals surface area contributed by atoms with Crippen LogP contribution in [0.25, 0.3) is 11.1 Å². The highest BCUT2D eigenvalue weighted by Crippen LogP contribution is 2.44. The molecule has 176 valence electrons. The van der Waals surface area contributed by atoms with Crippen LogP contribution in [0.15, 0.2) is 67.0 Å². The molecule has 3 aromatic rings. The van der Waals surface area contributed by atoms with E-state index in [1.54, 1.807) is 17.3 Å². The Kier molecular flexibility index (Phi) is 9.37. The van der Waals surface area contributed by atoms with Crippen LogP contribution in [-0.4, -0.2) is 42.2 Å². The van der Waals surface area contributed by atoms with Gasteiger partial charge in [0.25, 0.3) is 0 Å². The van der Waals surface area contributed by atoms with Gasteiger partial charge in [-0.15, -0.1) is 37.2 Å². The Morgan fingerprint density at radius 3 is 2.30 bits per heavy atom. The molecule has 0 spiro atoms. The summed E-state index contributed by atoms with van der Waals surface area (Å²) in [7, 11) is 0. The molecule has 0 bridgehead atoms. The molecule has 0 radical (unpaired) electrons. The maximum Gasteiger partial charge on any atom is 0.409 e. The number of hydrogen-bond donors (Lipinski definition) is 2. The number of aromatic nitrogens is 1. The van der Waals surface area contributed by atoms with E-state index in [1.807, 2.05) is 18.2 Å². The average molecular weight is 510 g/mol. The average Bonchev–Trinajstić information content (AvgIpc) is 3.11. The van der Waals surface area contributed by atoms with Gasteiger partial charge >= 0.3 is 6.09 Å². The van der Waals surface area contributed by atoms with Crippen LogP contribution in [0.1, 0.15) is 28.7 Å². The first-order valence-corrected chi connectivity index (χ1v) is 10.2. The molecule has 0 saturated carbocycles. The molecule has 1 fully saturated rings. The molecule has 6 nitrogen and oxygen atoms in total. The first kappa shape index (κ1) is 26.7. The number of piperazine rings is 1. The summed E-state index contributed by atoms with van der Waals surface area (Å²) in [6.07, 6.45) is 3.13. The van der Waals surface area contributed by atoms with Gasteiger partial charge < -0.3 is 20.7 Å². The van der Waals surface area contributed by atoms with E-state index in [-0.39, 0.29) is 55.3 Å². The minimum Gasteiger partial charge on any atom is -0.448 e. The highest BCUT2D eigenvalue weighted by atomic mass is 35.5. The number of hydrogen-bond acceptors (Lipinski definition) is 5. The number of rotatable bonds is 3. The summed E-state index contributed by atoms with van der Waals surface area (Å²) >= 11 is 0. The lowest BCUT2D eigenvalue weighted by Gasteiger charge is -2.33. The van der Waals surface area contributed by atoms with Gasteiger partial charge in [-0.2, -0.15) is 0 Å². The molecule has 1 saturated heterocycles. The largest absolute Gasteiger partial charge is 0.448 e. The summed E-state index contributed by atoms with van der Waals surface area (Å²) < 4.78 is 5.81. The van der Waals surface area contributed by atoms with Crippen molar-refractivity contribution in [2.75, 3.05) is 32.0 Å². The van der Waals surface area contributed by atoms with Gasteiger partial charge in [-0.25, -0.2) is 4.79 Å². The van der Waals surface area contributed by atoms with Crippen molar-refractivity contribution in [2.24, 2.45) is 0 Å². The van der Waals surface area contributed by atoms with Crippen molar-refractivity contribution in [2.45, 2.75) is 12.0 Å². The quantitative estimate of drug-likeness (QED) is 0.529. The molecular formula is C24H27Cl3N4O2. The Morgan fingerprint density at radius 1 is 1.03 bits per heavy atom. The van der Waals surface area contributed by atoms with Gasteiger partial charge in [0.2, 0.25) is 0 Å². The maximum atomic E-state index is 12.9. The van der Waals surface area contributed by atoms with E-state index in [9.17, 15) is 4.79 Å². The summed E-state index contributed by atoms with van der Waals surface area (Å²) in [4.78, 5) is 18.8. The molecule has 33 heavy (non-hydrogen) atoms. The standard InChI is InChI=1S/C24H24N4O2.3ClH/c25-17-11-16(12-26-13-17)23-14-28(10-9-27-23)24(29)30-15-22-20-7-3-1-5-18(20)19-6-2-4-8-21(19)22;;;/h1-8,11-13,22-23,27H,9-10,14-15,25H2;3*1H. The number of carbonyl (C=O) groups is 1. The predicted molar refractivity (Wildman–Crippen MR) is 138 cm³/mol. The summed E-state index contributed by atoms with van der Waals surface area (Å²) in [6.45, 7) is 2.18. The zero-order valence-electron chi connectivity index (χ0n) is 17.8. The van der Waals surface area contributed by atoms with Crippen molar-refractivity contribution in [3.8, 4) is 11.1 Å². The topological polar surface area (TPSA) is 80.5 Å². The van der Waals surface area contributed by atoms with Gasteiger partial charge in [-0.3, -0.25) is 4.98 Å². The lowest BCUT2D eigenvalue weighted by molar-refractivity contribution is 0.0883. The van der Waals surface area contributed by atoms with Crippen LogP contribution in [0.4, 0.5) is 10.5 Å². The second-order valence-corrected chi connectivity index (χ2v) is 7.81. The summed E-state index contributed by atoms with van der Waals surface area (Å²) in [5.41, 5.74) is 12.3. The molecule has 2 aromatic carbocycles. The monoisotopic (exact) mass is 508 g/mol. The lowest BCUT2D eigenvalue weighted by atomic mass is 9.98. The van der Waals surface area contributed by atoms with Crippen LogP contribution in [-0.2, 0) is 4.74 Å². The Bertz CT molecular complexity index is 1050. The zero-order chi connectivity index (χ0) is 20.5. The molecule has 9 heteroatoms. The maximum absolute atomic E-state index is 12.9. The van der Waals surface area contributed by atoms with Gasteiger partial charge in [0.05, 0.1) is 11.7 Å². The van der Waals surface area contributed by atoms with Crippen LogP contribution in [0.3, 0.4) is 0 Å². The molecular weight excluding hydrogens is 483 g/mol. The van der Waals surface area contributed by atoms with Crippen LogP contribution < -0.4 is 11.1 Å². The fraction of sp³-hybridized carbons (Fsp3) is 0.250. The van der Waals surface area contributed by atoms with Crippen LogP contribution in [0.5, 0.6) is 0 Å². The summed E-state index contributed by atoms with van der Waals surface area (Å²) in [5, 5.41) is 3.43. The van der Waals surface area contributed by atoms with Gasteiger partial charge in [-0.05, 0) is 33.9 Å². The van der Waals surface area contributed by atoms with Gasteiger partial charge in [0.15, 0.2) is 0 Å². The van der Waals surface area contributed by atoms with Gasteiger partial charge in [0.1, 0.15) is 6.61 Å². The number of anilines is 1. The van der Waals surface area contributed by atoms with Crippen LogP contribution in [0.2, 0.25) is 0 Å². The second kappa shape index (κ2) is 11.6. The normalized spacial score (nSPS) is 16.4. The zero-order valence-corrected chi connectivity index (χ0v) is 20.3. The van der Waals surface area contributed by atoms with E-state index >= 15 is 0 Å². The molecule has 1 amide bonds. The number of nitrogen functional groups attached to an aromatic ring is 1. The van der Waals surface area contributed by atoms with E-state index in [4.69, 9.17) is 10.5 Å². The number of pyridine rings is 1. The van der Waals surface area contributed by atoms with E-state index in [0.29, 0.717) is 31.9 Å². The molecule has 1 atom stereocenters. The van der Waals surface area contributed by atoms with E-state index < -0.39 is 0 Å². The number of fused-ring (bicyclic) bond motifs is 3. The first-order chi connectivity index (χ1) is 14.7. The summed E-state index contributed by atoms with van der Waals surface area (Å²) in [6, 6.07) is 18.6. The molecule has 1 aromatic heterocycles. The fourth-order valence-electron chi connectivity index (χ4n) is 4.49. The molecule has 2 heterocycles. The minimum atomic E-state index is -0.278. The summed E-state index contributed by atoms with van der Waals surface area (Å²) in [5.74, 6) is 0.0678. The predicted octanol–water partition coefficient (Wildman–Crippen LogP) is 4.82. The molecule has 1 unspecified atom stereocenters. The number of halogens is 3. The lowest BCUT2D eigenvalue weighted by Crippen LogP contribution is -2.48. The molecule has 1 aliphatic heterocycles. The van der Waals surface area contributed by atoms with Crippen molar-refractivity contribution in [3.63, 3.8) is 0 Å². The third-order valence-corrected chi connectivity index (χ3v) is 5.95. The van der Waals surface area contributed by atoms with Crippen LogP contribution >= 0.6 is 37.2 Å². The third-order valence-electron chi connectivity index (χ3n) is 5.95. The Labute approximate surface area is 212 Å². The highest BCUT2D eigenvalue weighted by molar-refractivity contribution is 5.86. The van der Waals surface area contributed by atoms with Gasteiger partial charge in [0, 0.05) is 37.9 Å².